The third kappa shape index (κ3) is 8.01. The minimum Gasteiger partial charge on any atom is -0.481 e. The Labute approximate surface area is 62.7 Å². The fourth-order valence-corrected chi connectivity index (χ4v) is 0.463. The zero-order chi connectivity index (χ0) is 7.49. The van der Waals surface area contributed by atoms with E-state index in [1.165, 1.54) is 0 Å². The Balaban J connectivity index is 3.39. The third-order valence-corrected chi connectivity index (χ3v) is 1.05. The number of rotatable bonds is 3. The van der Waals surface area contributed by atoms with Crippen molar-refractivity contribution >= 4 is 29.2 Å². The Bertz CT molecular complexity index is 110. The van der Waals surface area contributed by atoms with Gasteiger partial charge in [-0.2, -0.15) is 0 Å². The second kappa shape index (κ2) is 3.25. The molecule has 54 valence electrons. The number of halogens is 2. The minimum absolute atomic E-state index is 0.0610. The molecule has 3 nitrogen and oxygen atoms in total. The summed E-state index contributed by atoms with van der Waals surface area (Å²) in [7, 11) is 0. The van der Waals surface area contributed by atoms with Crippen molar-refractivity contribution in [3.63, 3.8) is 0 Å². The summed E-state index contributed by atoms with van der Waals surface area (Å²) in [5, 5.41) is 8.10. The second-order valence-corrected chi connectivity index (χ2v) is 3.20. The van der Waals surface area contributed by atoms with Crippen LogP contribution in [0.5, 0.6) is 0 Å². The molecule has 0 unspecified atom stereocenters. The summed E-state index contributed by atoms with van der Waals surface area (Å²) in [6, 6.07) is 0. The van der Waals surface area contributed by atoms with Crippen molar-refractivity contribution in [1.29, 1.82) is 0 Å². The van der Waals surface area contributed by atoms with Crippen LogP contribution in [-0.2, 0) is 4.79 Å². The van der Waals surface area contributed by atoms with E-state index in [4.69, 9.17) is 34.0 Å². The average molecular weight is 172 g/mol. The summed E-state index contributed by atoms with van der Waals surface area (Å²) in [4.78, 5) is 9.87. The van der Waals surface area contributed by atoms with Crippen molar-refractivity contribution in [1.82, 2.24) is 0 Å². The predicted molar refractivity (Wildman–Crippen MR) is 35.5 cm³/mol. The molecule has 0 rings (SSSR count). The van der Waals surface area contributed by atoms with Crippen LogP contribution < -0.4 is 5.73 Å². The first-order valence-electron chi connectivity index (χ1n) is 2.30. The molecule has 0 bridgehead atoms. The molecule has 0 spiro atoms. The number of nitrogens with two attached hydrogens (primary N) is 1. The number of carboxylic acids is 1. The van der Waals surface area contributed by atoms with E-state index >= 15 is 0 Å². The van der Waals surface area contributed by atoms with Gasteiger partial charge in [-0.1, -0.05) is 23.2 Å². The normalized spacial score (nSPS) is 11.4. The largest absolute Gasteiger partial charge is 0.481 e. The maximum absolute atomic E-state index is 9.87. The standard InChI is InChI=1S/C4H7Cl2NO2/c5-4(6,7)2-1-3(8)9/h1-2,7H2,(H,8,9). The molecule has 9 heavy (non-hydrogen) atoms. The molecule has 0 aromatic rings. The van der Waals surface area contributed by atoms with Crippen LogP contribution in [0.3, 0.4) is 0 Å². The van der Waals surface area contributed by atoms with Gasteiger partial charge in [-0.25, -0.2) is 0 Å². The van der Waals surface area contributed by atoms with Crippen molar-refractivity contribution in [2.45, 2.75) is 17.3 Å². The van der Waals surface area contributed by atoms with E-state index in [2.05, 4.69) is 0 Å². The Kier molecular flexibility index (Phi) is 3.25. The lowest BCUT2D eigenvalue weighted by molar-refractivity contribution is -0.137. The van der Waals surface area contributed by atoms with Gasteiger partial charge in [-0.15, -0.1) is 0 Å². The van der Waals surface area contributed by atoms with Crippen molar-refractivity contribution in [3.05, 3.63) is 0 Å². The molecule has 0 aromatic heterocycles. The first-order valence-corrected chi connectivity index (χ1v) is 3.06. The number of hydrogen-bond donors (Lipinski definition) is 2. The van der Waals surface area contributed by atoms with Crippen LogP contribution in [0.15, 0.2) is 0 Å². The highest BCUT2D eigenvalue weighted by atomic mass is 35.5. The van der Waals surface area contributed by atoms with E-state index in [0.29, 0.717) is 0 Å². The minimum atomic E-state index is -1.40. The summed E-state index contributed by atoms with van der Waals surface area (Å²) in [5.41, 5.74) is 5.05. The molecule has 0 amide bonds. The molecule has 0 saturated heterocycles. The zero-order valence-electron chi connectivity index (χ0n) is 4.60. The van der Waals surface area contributed by atoms with Crippen molar-refractivity contribution < 1.29 is 9.90 Å². The highest BCUT2D eigenvalue weighted by Crippen LogP contribution is 2.18. The Morgan fingerprint density at radius 3 is 2.22 bits per heavy atom. The maximum Gasteiger partial charge on any atom is 0.303 e. The van der Waals surface area contributed by atoms with Crippen LogP contribution in [0.25, 0.3) is 0 Å². The predicted octanol–water partition coefficient (Wildman–Crippen LogP) is 0.941. The van der Waals surface area contributed by atoms with Gasteiger partial charge in [0.1, 0.15) is 0 Å². The Hall–Kier alpha value is 0.01000. The van der Waals surface area contributed by atoms with Gasteiger partial charge in [0.2, 0.25) is 0 Å². The van der Waals surface area contributed by atoms with Crippen LogP contribution in [0.2, 0.25) is 0 Å². The molecule has 3 N–H and O–H groups in total. The highest BCUT2D eigenvalue weighted by Gasteiger charge is 2.17. The van der Waals surface area contributed by atoms with Gasteiger partial charge in [0, 0.05) is 12.8 Å². The van der Waals surface area contributed by atoms with Gasteiger partial charge in [0.15, 0.2) is 4.46 Å². The average Bonchev–Trinajstić information content (AvgIpc) is 1.59. The van der Waals surface area contributed by atoms with Gasteiger partial charge in [0.05, 0.1) is 0 Å². The van der Waals surface area contributed by atoms with Crippen molar-refractivity contribution in [3.8, 4) is 0 Å². The molecule has 0 radical (unpaired) electrons. The van der Waals surface area contributed by atoms with Gasteiger partial charge < -0.3 is 10.8 Å². The number of carbonyl (C=O) groups is 1. The fraction of sp³-hybridized carbons (Fsp3) is 0.750. The van der Waals surface area contributed by atoms with E-state index in [1.807, 2.05) is 0 Å². The highest BCUT2D eigenvalue weighted by molar-refractivity contribution is 6.47. The number of hydrogen-bond acceptors (Lipinski definition) is 2. The summed E-state index contributed by atoms with van der Waals surface area (Å²) >= 11 is 10.5. The zero-order valence-corrected chi connectivity index (χ0v) is 6.11. The van der Waals surface area contributed by atoms with Crippen LogP contribution >= 0.6 is 23.2 Å². The summed E-state index contributed by atoms with van der Waals surface area (Å²) in [6.07, 6.45) is -0.0467. The first kappa shape index (κ1) is 9.01. The molecular formula is C4H7Cl2NO2. The lowest BCUT2D eigenvalue weighted by atomic mass is 10.3. The van der Waals surface area contributed by atoms with Gasteiger partial charge in [-0.3, -0.25) is 4.79 Å². The molecule has 0 saturated carbocycles. The lowest BCUT2D eigenvalue weighted by Gasteiger charge is -2.09. The second-order valence-electron chi connectivity index (χ2n) is 1.65. The smallest absolute Gasteiger partial charge is 0.303 e. The third-order valence-electron chi connectivity index (χ3n) is 0.672. The van der Waals surface area contributed by atoms with Crippen LogP contribution in [0.1, 0.15) is 12.8 Å². The van der Waals surface area contributed by atoms with Gasteiger partial charge in [-0.05, 0) is 0 Å². The molecule has 0 aliphatic rings. The van der Waals surface area contributed by atoms with Gasteiger partial charge >= 0.3 is 5.97 Å². The van der Waals surface area contributed by atoms with Crippen molar-refractivity contribution in [2.75, 3.05) is 0 Å². The Morgan fingerprint density at radius 2 is 2.11 bits per heavy atom. The summed E-state index contributed by atoms with van der Waals surface area (Å²) in [5.74, 6) is -0.953. The monoisotopic (exact) mass is 171 g/mol. The van der Waals surface area contributed by atoms with E-state index in [1.54, 1.807) is 0 Å². The molecule has 0 atom stereocenters. The van der Waals surface area contributed by atoms with Crippen LogP contribution in [-0.4, -0.2) is 15.5 Å². The topological polar surface area (TPSA) is 63.3 Å². The van der Waals surface area contributed by atoms with Crippen molar-refractivity contribution in [2.24, 2.45) is 5.73 Å². The molecule has 0 aliphatic carbocycles. The molecule has 0 fully saturated rings. The molecule has 0 aromatic carbocycles. The quantitative estimate of drug-likeness (QED) is 0.491. The van der Waals surface area contributed by atoms with Crippen LogP contribution in [0, 0.1) is 0 Å². The summed E-state index contributed by atoms with van der Waals surface area (Å²) < 4.78 is -1.40. The first-order chi connectivity index (χ1) is 3.92. The van der Waals surface area contributed by atoms with E-state index in [0.717, 1.165) is 0 Å². The molecule has 0 aliphatic heterocycles. The van der Waals surface area contributed by atoms with E-state index < -0.39 is 10.4 Å². The lowest BCUT2D eigenvalue weighted by Crippen LogP contribution is -2.26. The number of alkyl halides is 2. The maximum atomic E-state index is 9.87. The van der Waals surface area contributed by atoms with Crippen LogP contribution in [0.4, 0.5) is 0 Å². The molecular weight excluding hydrogens is 165 g/mol. The fourth-order valence-electron chi connectivity index (χ4n) is 0.274. The molecule has 0 heterocycles. The summed E-state index contributed by atoms with van der Waals surface area (Å²) in [6.45, 7) is 0. The number of aliphatic carboxylic acids is 1. The van der Waals surface area contributed by atoms with E-state index in [-0.39, 0.29) is 12.8 Å². The van der Waals surface area contributed by atoms with E-state index in [9.17, 15) is 4.79 Å². The SMILES string of the molecule is NC(Cl)(Cl)CCC(=O)O. The molecule has 5 heteroatoms. The number of carboxylic acid groups (broad SMARTS) is 1. The van der Waals surface area contributed by atoms with Gasteiger partial charge in [0.25, 0.3) is 0 Å². The Morgan fingerprint density at radius 1 is 1.67 bits per heavy atom.